The lowest BCUT2D eigenvalue weighted by Gasteiger charge is -2.15. The second-order valence-electron chi connectivity index (χ2n) is 7.34. The summed E-state index contributed by atoms with van der Waals surface area (Å²) in [5.41, 5.74) is 3.04. The van der Waals surface area contributed by atoms with Crippen LogP contribution in [0.25, 0.3) is 0 Å². The zero-order chi connectivity index (χ0) is 22.1. The molecule has 154 valence electrons. The van der Waals surface area contributed by atoms with Crippen LogP contribution in [0.5, 0.6) is 0 Å². The van der Waals surface area contributed by atoms with Crippen molar-refractivity contribution >= 4 is 23.6 Å². The van der Waals surface area contributed by atoms with Crippen molar-refractivity contribution < 1.29 is 23.9 Å². The summed E-state index contributed by atoms with van der Waals surface area (Å²) in [5.74, 6) is -2.12. The first kappa shape index (κ1) is 20.2. The Kier molecular flexibility index (Phi) is 5.21. The van der Waals surface area contributed by atoms with E-state index < -0.39 is 24.5 Å². The Bertz CT molecular complexity index is 1210. The van der Waals surface area contributed by atoms with Gasteiger partial charge < -0.3 is 4.74 Å². The molecule has 0 bridgehead atoms. The van der Waals surface area contributed by atoms with Gasteiger partial charge in [-0.1, -0.05) is 48.0 Å². The number of aryl methyl sites for hydroxylation is 2. The van der Waals surface area contributed by atoms with Crippen LogP contribution in [0, 0.1) is 13.8 Å². The number of nitrogens with zero attached hydrogens (tertiary/aromatic N) is 1. The lowest BCUT2D eigenvalue weighted by Crippen LogP contribution is -2.33. The van der Waals surface area contributed by atoms with Gasteiger partial charge in [0.25, 0.3) is 11.8 Å². The Morgan fingerprint density at radius 2 is 1.35 bits per heavy atom. The molecule has 0 aliphatic carbocycles. The molecule has 1 heterocycles. The highest BCUT2D eigenvalue weighted by Crippen LogP contribution is 2.23. The summed E-state index contributed by atoms with van der Waals surface area (Å²) in [4.78, 5) is 51.7. The molecule has 0 saturated heterocycles. The molecule has 6 heteroatoms. The highest BCUT2D eigenvalue weighted by molar-refractivity contribution is 6.21. The van der Waals surface area contributed by atoms with Crippen LogP contribution in [0.4, 0.5) is 0 Å². The number of carbonyl (C=O) groups is 4. The number of fused-ring (bicyclic) bond motifs is 1. The van der Waals surface area contributed by atoms with Gasteiger partial charge in [-0.25, -0.2) is 9.69 Å². The van der Waals surface area contributed by atoms with Crippen molar-refractivity contribution in [3.05, 3.63) is 106 Å². The third-order valence-corrected chi connectivity index (χ3v) is 5.23. The molecule has 1 aliphatic heterocycles. The molecule has 6 nitrogen and oxygen atoms in total. The Balaban J connectivity index is 1.56. The molecule has 0 saturated carbocycles. The largest absolute Gasteiger partial charge is 0.440 e. The Hall–Kier alpha value is -4.06. The minimum Gasteiger partial charge on any atom is -0.440 e. The Labute approximate surface area is 179 Å². The third kappa shape index (κ3) is 3.64. The predicted octanol–water partition coefficient (Wildman–Crippen LogP) is 3.94. The molecule has 0 atom stereocenters. The van der Waals surface area contributed by atoms with E-state index in [1.165, 1.54) is 6.07 Å². The molecule has 4 rings (SSSR count). The van der Waals surface area contributed by atoms with Crippen LogP contribution in [-0.4, -0.2) is 35.2 Å². The number of rotatable bonds is 5. The van der Waals surface area contributed by atoms with Gasteiger partial charge in [0.15, 0.2) is 12.5 Å². The van der Waals surface area contributed by atoms with Gasteiger partial charge in [-0.15, -0.1) is 0 Å². The monoisotopic (exact) mass is 413 g/mol. The standard InChI is InChI=1S/C25H19NO5/c1-15-11-12-16(2)21(13-15)22(27)17-7-3-6-10-20(17)25(30)31-14-26-23(28)18-8-4-5-9-19(18)24(26)29/h3-13H,14H2,1-2H3. The van der Waals surface area contributed by atoms with Crippen LogP contribution in [0.15, 0.2) is 66.7 Å². The molecule has 3 aromatic carbocycles. The molecular weight excluding hydrogens is 394 g/mol. The third-order valence-electron chi connectivity index (χ3n) is 5.23. The van der Waals surface area contributed by atoms with E-state index in [4.69, 9.17) is 4.74 Å². The van der Waals surface area contributed by atoms with Crippen LogP contribution in [0.2, 0.25) is 0 Å². The number of hydrogen-bond donors (Lipinski definition) is 0. The quantitative estimate of drug-likeness (QED) is 0.360. The van der Waals surface area contributed by atoms with Gasteiger partial charge in [0.05, 0.1) is 16.7 Å². The van der Waals surface area contributed by atoms with Crippen molar-refractivity contribution in [3.63, 3.8) is 0 Å². The fraction of sp³-hybridized carbons (Fsp3) is 0.120. The summed E-state index contributed by atoms with van der Waals surface area (Å²) >= 11 is 0. The molecule has 0 N–H and O–H groups in total. The lowest BCUT2D eigenvalue weighted by molar-refractivity contribution is 0.0226. The van der Waals surface area contributed by atoms with Crippen LogP contribution < -0.4 is 0 Å². The molecule has 31 heavy (non-hydrogen) atoms. The van der Waals surface area contributed by atoms with Gasteiger partial charge in [-0.3, -0.25) is 14.4 Å². The SMILES string of the molecule is Cc1ccc(C)c(C(=O)c2ccccc2C(=O)OCN2C(=O)c3ccccc3C2=O)c1. The highest BCUT2D eigenvalue weighted by Gasteiger charge is 2.36. The second kappa shape index (κ2) is 7.99. The van der Waals surface area contributed by atoms with E-state index in [9.17, 15) is 19.2 Å². The van der Waals surface area contributed by atoms with Gasteiger partial charge in [-0.2, -0.15) is 0 Å². The summed E-state index contributed by atoms with van der Waals surface area (Å²) in [6.45, 7) is 3.19. The number of benzene rings is 3. The smallest absolute Gasteiger partial charge is 0.340 e. The van der Waals surface area contributed by atoms with Crippen molar-refractivity contribution in [2.45, 2.75) is 13.8 Å². The van der Waals surface area contributed by atoms with E-state index in [0.29, 0.717) is 5.56 Å². The lowest BCUT2D eigenvalue weighted by atomic mass is 9.94. The molecule has 1 aliphatic rings. The normalized spacial score (nSPS) is 12.6. The molecule has 0 fully saturated rings. The molecule has 3 aromatic rings. The maximum absolute atomic E-state index is 13.1. The summed E-state index contributed by atoms with van der Waals surface area (Å²) in [5, 5.41) is 0. The average Bonchev–Trinajstić information content (AvgIpc) is 3.03. The van der Waals surface area contributed by atoms with Gasteiger partial charge in [0.1, 0.15) is 0 Å². The van der Waals surface area contributed by atoms with Crippen LogP contribution in [-0.2, 0) is 4.74 Å². The summed E-state index contributed by atoms with van der Waals surface area (Å²) in [6, 6.07) is 18.3. The Morgan fingerprint density at radius 1 is 0.774 bits per heavy atom. The van der Waals surface area contributed by atoms with E-state index >= 15 is 0 Å². The number of amides is 2. The number of ketones is 1. The summed E-state index contributed by atoms with van der Waals surface area (Å²) < 4.78 is 5.26. The minimum atomic E-state index is -0.786. The number of ether oxygens (including phenoxy) is 1. The van der Waals surface area contributed by atoms with Gasteiger partial charge in [-0.05, 0) is 43.7 Å². The van der Waals surface area contributed by atoms with E-state index in [0.717, 1.165) is 16.0 Å². The highest BCUT2D eigenvalue weighted by atomic mass is 16.5. The first-order valence-corrected chi connectivity index (χ1v) is 9.72. The molecule has 0 radical (unpaired) electrons. The van der Waals surface area contributed by atoms with Crippen molar-refractivity contribution in [2.75, 3.05) is 6.73 Å². The van der Waals surface area contributed by atoms with E-state index in [2.05, 4.69) is 0 Å². The minimum absolute atomic E-state index is 0.0741. The maximum Gasteiger partial charge on any atom is 0.340 e. The first-order valence-electron chi connectivity index (χ1n) is 9.72. The number of hydrogen-bond acceptors (Lipinski definition) is 5. The zero-order valence-corrected chi connectivity index (χ0v) is 17.0. The number of carbonyl (C=O) groups excluding carboxylic acids is 4. The summed E-state index contributed by atoms with van der Waals surface area (Å²) in [6.07, 6.45) is 0. The molecule has 2 amide bonds. The van der Waals surface area contributed by atoms with Gasteiger partial charge >= 0.3 is 5.97 Å². The van der Waals surface area contributed by atoms with Crippen LogP contribution in [0.3, 0.4) is 0 Å². The molecule has 0 spiro atoms. The average molecular weight is 413 g/mol. The predicted molar refractivity (Wildman–Crippen MR) is 113 cm³/mol. The fourth-order valence-electron chi connectivity index (χ4n) is 3.54. The van der Waals surface area contributed by atoms with Crippen LogP contribution in [0.1, 0.15) is 58.1 Å². The zero-order valence-electron chi connectivity index (χ0n) is 17.0. The number of imide groups is 1. The Morgan fingerprint density at radius 3 is 2.00 bits per heavy atom. The van der Waals surface area contributed by atoms with Crippen molar-refractivity contribution in [2.24, 2.45) is 0 Å². The van der Waals surface area contributed by atoms with E-state index in [1.807, 2.05) is 26.0 Å². The van der Waals surface area contributed by atoms with Crippen molar-refractivity contribution in [1.82, 2.24) is 4.90 Å². The van der Waals surface area contributed by atoms with E-state index in [-0.39, 0.29) is 28.0 Å². The molecule has 0 aromatic heterocycles. The van der Waals surface area contributed by atoms with Gasteiger partial charge in [0, 0.05) is 11.1 Å². The number of esters is 1. The first-order chi connectivity index (χ1) is 14.9. The van der Waals surface area contributed by atoms with Crippen molar-refractivity contribution in [1.29, 1.82) is 0 Å². The molecular formula is C25H19NO5. The topological polar surface area (TPSA) is 80.8 Å². The maximum atomic E-state index is 13.1. The van der Waals surface area contributed by atoms with Crippen molar-refractivity contribution in [3.8, 4) is 0 Å². The second-order valence-corrected chi connectivity index (χ2v) is 7.34. The van der Waals surface area contributed by atoms with Gasteiger partial charge in [0.2, 0.25) is 0 Å². The van der Waals surface area contributed by atoms with Crippen LogP contribution >= 0.6 is 0 Å². The molecule has 0 unspecified atom stereocenters. The fourth-order valence-corrected chi connectivity index (χ4v) is 3.54. The van der Waals surface area contributed by atoms with E-state index in [1.54, 1.807) is 48.5 Å². The summed E-state index contributed by atoms with van der Waals surface area (Å²) in [7, 11) is 0.